The molecule has 0 saturated carbocycles. The highest BCUT2D eigenvalue weighted by Gasteiger charge is 2.10. The van der Waals surface area contributed by atoms with E-state index in [1.54, 1.807) is 7.05 Å². The van der Waals surface area contributed by atoms with Gasteiger partial charge in [0.2, 0.25) is 5.91 Å². The molecule has 0 radical (unpaired) electrons. The highest BCUT2D eigenvalue weighted by atomic mass is 16.5. The Morgan fingerprint density at radius 3 is 2.72 bits per heavy atom. The van der Waals surface area contributed by atoms with Crippen LogP contribution in [-0.4, -0.2) is 26.6 Å². The number of amides is 1. The zero-order valence-corrected chi connectivity index (χ0v) is 11.5. The van der Waals surface area contributed by atoms with Crippen molar-refractivity contribution in [1.82, 2.24) is 10.6 Å². The van der Waals surface area contributed by atoms with Crippen LogP contribution in [0.4, 0.5) is 0 Å². The summed E-state index contributed by atoms with van der Waals surface area (Å²) in [5.41, 5.74) is 2.32. The fourth-order valence-electron chi connectivity index (χ4n) is 1.67. The van der Waals surface area contributed by atoms with Crippen molar-refractivity contribution in [3.8, 4) is 5.75 Å². The molecule has 1 rings (SSSR count). The van der Waals surface area contributed by atoms with Crippen molar-refractivity contribution < 1.29 is 9.53 Å². The summed E-state index contributed by atoms with van der Waals surface area (Å²) in [5.74, 6) is 0.830. The van der Waals surface area contributed by atoms with Crippen LogP contribution < -0.4 is 15.4 Å². The second kappa shape index (κ2) is 7.01. The van der Waals surface area contributed by atoms with Crippen LogP contribution >= 0.6 is 0 Å². The SMILES string of the molecule is CNC(=O)CCOc1ccc(C)cc1C(C)NC. The molecule has 0 aromatic heterocycles. The maximum absolute atomic E-state index is 11.1. The summed E-state index contributed by atoms with van der Waals surface area (Å²) in [4.78, 5) is 11.1. The lowest BCUT2D eigenvalue weighted by molar-refractivity contribution is -0.121. The highest BCUT2D eigenvalue weighted by Crippen LogP contribution is 2.26. The third kappa shape index (κ3) is 4.04. The van der Waals surface area contributed by atoms with Gasteiger partial charge in [0, 0.05) is 18.7 Å². The summed E-state index contributed by atoms with van der Waals surface area (Å²) in [6.07, 6.45) is 0.373. The molecule has 0 aliphatic heterocycles. The summed E-state index contributed by atoms with van der Waals surface area (Å²) in [5, 5.41) is 5.78. The lowest BCUT2D eigenvalue weighted by Gasteiger charge is -2.17. The Morgan fingerprint density at radius 2 is 2.11 bits per heavy atom. The number of ether oxygens (including phenoxy) is 1. The van der Waals surface area contributed by atoms with Crippen LogP contribution in [0.2, 0.25) is 0 Å². The van der Waals surface area contributed by atoms with Gasteiger partial charge in [0.25, 0.3) is 0 Å². The van der Waals surface area contributed by atoms with Crippen LogP contribution in [0.5, 0.6) is 5.75 Å². The smallest absolute Gasteiger partial charge is 0.223 e. The Hall–Kier alpha value is -1.55. The van der Waals surface area contributed by atoms with E-state index in [9.17, 15) is 4.79 Å². The Morgan fingerprint density at radius 1 is 1.39 bits per heavy atom. The van der Waals surface area contributed by atoms with Crippen molar-refractivity contribution in [2.24, 2.45) is 0 Å². The fraction of sp³-hybridized carbons (Fsp3) is 0.500. The average molecular weight is 250 g/mol. The van der Waals surface area contributed by atoms with Crippen LogP contribution in [0.1, 0.15) is 30.5 Å². The molecule has 100 valence electrons. The van der Waals surface area contributed by atoms with Gasteiger partial charge in [0.1, 0.15) is 5.75 Å². The Labute approximate surface area is 109 Å². The standard InChI is InChI=1S/C14H22N2O2/c1-10-5-6-13(12(9-10)11(2)15-3)18-8-7-14(17)16-4/h5-6,9,11,15H,7-8H2,1-4H3,(H,16,17). The van der Waals surface area contributed by atoms with Crippen molar-refractivity contribution in [2.75, 3.05) is 20.7 Å². The van der Waals surface area contributed by atoms with Crippen LogP contribution in [0, 0.1) is 6.92 Å². The maximum Gasteiger partial charge on any atom is 0.223 e. The van der Waals surface area contributed by atoms with Gasteiger partial charge in [-0.15, -0.1) is 0 Å². The van der Waals surface area contributed by atoms with Crippen LogP contribution in [0.25, 0.3) is 0 Å². The molecule has 18 heavy (non-hydrogen) atoms. The summed E-state index contributed by atoms with van der Waals surface area (Å²) in [7, 11) is 3.55. The number of carbonyl (C=O) groups is 1. The molecule has 0 spiro atoms. The average Bonchev–Trinajstić information content (AvgIpc) is 2.39. The van der Waals surface area contributed by atoms with Gasteiger partial charge in [-0.3, -0.25) is 4.79 Å². The van der Waals surface area contributed by atoms with Crippen molar-refractivity contribution in [2.45, 2.75) is 26.3 Å². The topological polar surface area (TPSA) is 50.4 Å². The molecule has 1 unspecified atom stereocenters. The Kier molecular flexibility index (Phi) is 5.65. The number of benzene rings is 1. The first-order valence-corrected chi connectivity index (χ1v) is 6.19. The molecule has 0 fully saturated rings. The van der Waals surface area contributed by atoms with E-state index in [2.05, 4.69) is 30.5 Å². The highest BCUT2D eigenvalue weighted by molar-refractivity contribution is 5.75. The summed E-state index contributed by atoms with van der Waals surface area (Å²) in [6.45, 7) is 4.53. The van der Waals surface area contributed by atoms with Gasteiger partial charge in [-0.25, -0.2) is 0 Å². The minimum atomic E-state index is -0.00896. The first-order valence-electron chi connectivity index (χ1n) is 6.19. The first kappa shape index (κ1) is 14.5. The molecule has 4 nitrogen and oxygen atoms in total. The lowest BCUT2D eigenvalue weighted by Crippen LogP contribution is -2.20. The minimum Gasteiger partial charge on any atom is -0.493 e. The van der Waals surface area contributed by atoms with Gasteiger partial charge in [-0.1, -0.05) is 17.7 Å². The largest absolute Gasteiger partial charge is 0.493 e. The number of hydrogen-bond acceptors (Lipinski definition) is 3. The Bertz CT molecular complexity index is 405. The number of nitrogens with one attached hydrogen (secondary N) is 2. The van der Waals surface area contributed by atoms with E-state index in [-0.39, 0.29) is 11.9 Å². The van der Waals surface area contributed by atoms with E-state index in [0.717, 1.165) is 11.3 Å². The molecule has 2 N–H and O–H groups in total. The molecule has 1 amide bonds. The number of carbonyl (C=O) groups excluding carboxylic acids is 1. The monoisotopic (exact) mass is 250 g/mol. The van der Waals surface area contributed by atoms with E-state index in [1.165, 1.54) is 5.56 Å². The zero-order chi connectivity index (χ0) is 13.5. The lowest BCUT2D eigenvalue weighted by atomic mass is 10.0. The minimum absolute atomic E-state index is 0.00896. The molecule has 4 heteroatoms. The van der Waals surface area contributed by atoms with Gasteiger partial charge in [-0.2, -0.15) is 0 Å². The molecular weight excluding hydrogens is 228 g/mol. The second-order valence-electron chi connectivity index (χ2n) is 4.32. The maximum atomic E-state index is 11.1. The molecule has 0 bridgehead atoms. The normalized spacial score (nSPS) is 12.0. The van der Waals surface area contributed by atoms with Gasteiger partial charge >= 0.3 is 0 Å². The van der Waals surface area contributed by atoms with E-state index < -0.39 is 0 Å². The van der Waals surface area contributed by atoms with E-state index >= 15 is 0 Å². The molecular formula is C14H22N2O2. The first-order chi connectivity index (χ1) is 8.58. The molecule has 0 heterocycles. The van der Waals surface area contributed by atoms with Gasteiger partial charge < -0.3 is 15.4 Å². The molecule has 1 aromatic rings. The van der Waals surface area contributed by atoms with E-state index in [1.807, 2.05) is 19.2 Å². The Balaban J connectivity index is 2.72. The molecule has 0 aliphatic carbocycles. The van der Waals surface area contributed by atoms with Gasteiger partial charge in [0.05, 0.1) is 13.0 Å². The van der Waals surface area contributed by atoms with E-state index in [4.69, 9.17) is 4.74 Å². The zero-order valence-electron chi connectivity index (χ0n) is 11.5. The fourth-order valence-corrected chi connectivity index (χ4v) is 1.67. The van der Waals surface area contributed by atoms with Crippen molar-refractivity contribution in [3.05, 3.63) is 29.3 Å². The predicted octanol–water partition coefficient (Wildman–Crippen LogP) is 1.79. The van der Waals surface area contributed by atoms with Crippen LogP contribution in [-0.2, 0) is 4.79 Å². The molecule has 1 aromatic carbocycles. The third-order valence-corrected chi connectivity index (χ3v) is 2.93. The quantitative estimate of drug-likeness (QED) is 0.809. The summed E-state index contributed by atoms with van der Waals surface area (Å²) in [6, 6.07) is 6.31. The van der Waals surface area contributed by atoms with Crippen molar-refractivity contribution >= 4 is 5.91 Å². The van der Waals surface area contributed by atoms with E-state index in [0.29, 0.717) is 13.0 Å². The molecule has 0 aliphatic rings. The van der Waals surface area contributed by atoms with Crippen LogP contribution in [0.15, 0.2) is 18.2 Å². The molecule has 1 atom stereocenters. The second-order valence-corrected chi connectivity index (χ2v) is 4.32. The van der Waals surface area contributed by atoms with Gasteiger partial charge in [0.15, 0.2) is 0 Å². The third-order valence-electron chi connectivity index (χ3n) is 2.93. The van der Waals surface area contributed by atoms with Crippen molar-refractivity contribution in [1.29, 1.82) is 0 Å². The number of hydrogen-bond donors (Lipinski definition) is 2. The van der Waals surface area contributed by atoms with Crippen molar-refractivity contribution in [3.63, 3.8) is 0 Å². The predicted molar refractivity (Wildman–Crippen MR) is 72.8 cm³/mol. The van der Waals surface area contributed by atoms with Crippen LogP contribution in [0.3, 0.4) is 0 Å². The molecule has 0 saturated heterocycles. The van der Waals surface area contributed by atoms with Gasteiger partial charge in [-0.05, 0) is 27.0 Å². The number of rotatable bonds is 6. The summed E-state index contributed by atoms with van der Waals surface area (Å²) < 4.78 is 5.69. The number of aryl methyl sites for hydroxylation is 1. The summed E-state index contributed by atoms with van der Waals surface area (Å²) >= 11 is 0.